The van der Waals surface area contributed by atoms with E-state index in [-0.39, 0.29) is 42.1 Å². The Kier molecular flexibility index (Phi) is 10.9. The van der Waals surface area contributed by atoms with Gasteiger partial charge in [0.25, 0.3) is 5.91 Å². The predicted octanol–water partition coefficient (Wildman–Crippen LogP) is 3.47. The Labute approximate surface area is 214 Å². The molecule has 33 heavy (non-hydrogen) atoms. The summed E-state index contributed by atoms with van der Waals surface area (Å²) >= 11 is 0. The summed E-state index contributed by atoms with van der Waals surface area (Å²) in [6.45, 7) is 6.62. The van der Waals surface area contributed by atoms with Crippen molar-refractivity contribution in [3.8, 4) is 5.75 Å². The summed E-state index contributed by atoms with van der Waals surface area (Å²) in [6, 6.07) is 15.8. The summed E-state index contributed by atoms with van der Waals surface area (Å²) in [5.41, 5.74) is 2.94. The van der Waals surface area contributed by atoms with Gasteiger partial charge < -0.3 is 25.0 Å². The van der Waals surface area contributed by atoms with E-state index in [4.69, 9.17) is 9.47 Å². The fraction of sp³-hybridized carbons (Fsp3) is 0.440. The third-order valence-corrected chi connectivity index (χ3v) is 5.47. The normalized spacial score (nSPS) is 18.3. The lowest BCUT2D eigenvalue weighted by molar-refractivity contribution is -0.0586. The Morgan fingerprint density at radius 1 is 1.09 bits per heavy atom. The summed E-state index contributed by atoms with van der Waals surface area (Å²) in [6.07, 6.45) is 0.960. The first-order valence-electron chi connectivity index (χ1n) is 11.1. The number of carbonyl (C=O) groups excluding carboxylic acids is 1. The maximum absolute atomic E-state index is 12.8. The van der Waals surface area contributed by atoms with E-state index in [1.807, 2.05) is 61.2 Å². The Morgan fingerprint density at radius 3 is 2.39 bits per heavy atom. The van der Waals surface area contributed by atoms with E-state index in [1.54, 1.807) is 14.2 Å². The van der Waals surface area contributed by atoms with Crippen LogP contribution < -0.4 is 15.4 Å². The molecule has 0 aliphatic carbocycles. The highest BCUT2D eigenvalue weighted by Gasteiger charge is 2.26. The van der Waals surface area contributed by atoms with E-state index in [0.29, 0.717) is 25.2 Å². The number of nitrogens with zero attached hydrogens (tertiary/aromatic N) is 2. The maximum Gasteiger partial charge on any atom is 0.254 e. The molecule has 7 nitrogen and oxygen atoms in total. The molecule has 180 valence electrons. The SMILES string of the molecule is CN=C(NCCc1ccccc1OC)NCc1ccc(C(=O)N2CC(C)OC(C)C2)cc1.I. The molecule has 2 aromatic carbocycles. The molecule has 1 saturated heterocycles. The monoisotopic (exact) mass is 566 g/mol. The van der Waals surface area contributed by atoms with Crippen LogP contribution >= 0.6 is 24.0 Å². The average molecular weight is 566 g/mol. The number of benzene rings is 2. The number of morpholine rings is 1. The zero-order valence-corrected chi connectivity index (χ0v) is 22.2. The summed E-state index contributed by atoms with van der Waals surface area (Å²) in [5, 5.41) is 6.65. The van der Waals surface area contributed by atoms with Gasteiger partial charge in [-0.05, 0) is 49.6 Å². The standard InChI is InChI=1S/C25H34N4O3.HI/c1-18-16-29(17-19(2)32-18)24(30)22-11-9-20(10-12-22)15-28-25(26-3)27-14-13-21-7-5-6-8-23(21)31-4;/h5-12,18-19H,13-17H2,1-4H3,(H2,26,27,28);1H. The minimum Gasteiger partial charge on any atom is -0.496 e. The minimum absolute atomic E-state index is 0. The van der Waals surface area contributed by atoms with Crippen molar-refractivity contribution < 1.29 is 14.3 Å². The van der Waals surface area contributed by atoms with E-state index in [0.717, 1.165) is 35.8 Å². The van der Waals surface area contributed by atoms with Crippen molar-refractivity contribution >= 4 is 35.8 Å². The van der Waals surface area contributed by atoms with Crippen LogP contribution in [0.25, 0.3) is 0 Å². The minimum atomic E-state index is 0. The number of para-hydroxylation sites is 1. The van der Waals surface area contributed by atoms with Gasteiger partial charge in [0.1, 0.15) is 5.75 Å². The number of nitrogens with one attached hydrogen (secondary N) is 2. The second-order valence-electron chi connectivity index (χ2n) is 8.08. The molecule has 1 aliphatic rings. The summed E-state index contributed by atoms with van der Waals surface area (Å²) in [5.74, 6) is 1.68. The van der Waals surface area contributed by atoms with Gasteiger partial charge in [0.05, 0.1) is 19.3 Å². The van der Waals surface area contributed by atoms with E-state index in [9.17, 15) is 4.79 Å². The van der Waals surface area contributed by atoms with E-state index in [1.165, 1.54) is 0 Å². The molecular formula is C25H35IN4O3. The van der Waals surface area contributed by atoms with Gasteiger partial charge in [-0.25, -0.2) is 0 Å². The van der Waals surface area contributed by atoms with Gasteiger partial charge in [-0.15, -0.1) is 24.0 Å². The van der Waals surface area contributed by atoms with Crippen molar-refractivity contribution in [2.24, 2.45) is 4.99 Å². The van der Waals surface area contributed by atoms with Crippen molar-refractivity contribution in [3.05, 3.63) is 65.2 Å². The topological polar surface area (TPSA) is 75.2 Å². The molecule has 2 N–H and O–H groups in total. The Balaban J connectivity index is 0.00000385. The zero-order chi connectivity index (χ0) is 22.9. The molecule has 0 aromatic heterocycles. The molecule has 0 saturated carbocycles. The highest BCUT2D eigenvalue weighted by molar-refractivity contribution is 14.0. The summed E-state index contributed by atoms with van der Waals surface area (Å²) in [4.78, 5) is 19.0. The van der Waals surface area contributed by atoms with Crippen LogP contribution in [0.1, 0.15) is 35.3 Å². The molecule has 0 radical (unpaired) electrons. The van der Waals surface area contributed by atoms with Gasteiger partial charge in [-0.3, -0.25) is 9.79 Å². The number of guanidine groups is 1. The Bertz CT molecular complexity index is 910. The van der Waals surface area contributed by atoms with Crippen LogP contribution in [0.3, 0.4) is 0 Å². The van der Waals surface area contributed by atoms with Gasteiger partial charge in [0.2, 0.25) is 0 Å². The lowest BCUT2D eigenvalue weighted by atomic mass is 10.1. The van der Waals surface area contributed by atoms with Gasteiger partial charge in [0.15, 0.2) is 5.96 Å². The number of halogens is 1. The average Bonchev–Trinajstić information content (AvgIpc) is 2.80. The molecule has 1 heterocycles. The van der Waals surface area contributed by atoms with Gasteiger partial charge in [-0.2, -0.15) is 0 Å². The van der Waals surface area contributed by atoms with Crippen molar-refractivity contribution in [2.75, 3.05) is 33.8 Å². The molecule has 0 bridgehead atoms. The molecule has 1 amide bonds. The molecule has 1 fully saturated rings. The lowest BCUT2D eigenvalue weighted by Crippen LogP contribution is -2.48. The fourth-order valence-electron chi connectivity index (χ4n) is 3.92. The number of rotatable bonds is 7. The van der Waals surface area contributed by atoms with Crippen LogP contribution in [0.4, 0.5) is 0 Å². The number of ether oxygens (including phenoxy) is 2. The quantitative estimate of drug-likeness (QED) is 0.305. The Morgan fingerprint density at radius 2 is 1.76 bits per heavy atom. The van der Waals surface area contributed by atoms with Crippen molar-refractivity contribution in [1.29, 1.82) is 0 Å². The molecular weight excluding hydrogens is 531 g/mol. The van der Waals surface area contributed by atoms with E-state index >= 15 is 0 Å². The number of aliphatic imine (C=N–C) groups is 1. The molecule has 1 aliphatic heterocycles. The van der Waals surface area contributed by atoms with Crippen LogP contribution in [-0.4, -0.2) is 62.8 Å². The van der Waals surface area contributed by atoms with E-state index in [2.05, 4.69) is 21.7 Å². The van der Waals surface area contributed by atoms with E-state index < -0.39 is 0 Å². The van der Waals surface area contributed by atoms with Crippen LogP contribution in [-0.2, 0) is 17.7 Å². The van der Waals surface area contributed by atoms with Crippen LogP contribution in [0.15, 0.2) is 53.5 Å². The molecule has 3 rings (SSSR count). The third-order valence-electron chi connectivity index (χ3n) is 5.47. The Hall–Kier alpha value is -2.33. The third kappa shape index (κ3) is 7.89. The summed E-state index contributed by atoms with van der Waals surface area (Å²) < 4.78 is 11.1. The number of amides is 1. The fourth-order valence-corrected chi connectivity index (χ4v) is 3.92. The van der Waals surface area contributed by atoms with Crippen molar-refractivity contribution in [1.82, 2.24) is 15.5 Å². The van der Waals surface area contributed by atoms with Crippen LogP contribution in [0.2, 0.25) is 0 Å². The van der Waals surface area contributed by atoms with Gasteiger partial charge in [0, 0.05) is 38.8 Å². The first-order chi connectivity index (χ1) is 15.5. The number of carbonyl (C=O) groups is 1. The second-order valence-corrected chi connectivity index (χ2v) is 8.08. The van der Waals surface area contributed by atoms with Crippen molar-refractivity contribution in [3.63, 3.8) is 0 Å². The van der Waals surface area contributed by atoms with Gasteiger partial charge >= 0.3 is 0 Å². The number of hydrogen-bond donors (Lipinski definition) is 2. The number of hydrogen-bond acceptors (Lipinski definition) is 4. The largest absolute Gasteiger partial charge is 0.496 e. The van der Waals surface area contributed by atoms with Crippen LogP contribution in [0.5, 0.6) is 5.75 Å². The smallest absolute Gasteiger partial charge is 0.254 e. The second kappa shape index (κ2) is 13.4. The highest BCUT2D eigenvalue weighted by atomic mass is 127. The van der Waals surface area contributed by atoms with Crippen LogP contribution in [0, 0.1) is 0 Å². The van der Waals surface area contributed by atoms with Crippen molar-refractivity contribution in [2.45, 2.75) is 39.0 Å². The highest BCUT2D eigenvalue weighted by Crippen LogP contribution is 2.17. The molecule has 2 aromatic rings. The molecule has 2 unspecified atom stereocenters. The molecule has 0 spiro atoms. The first-order valence-corrected chi connectivity index (χ1v) is 11.1. The first kappa shape index (κ1) is 26.9. The molecule has 8 heteroatoms. The maximum atomic E-state index is 12.8. The lowest BCUT2D eigenvalue weighted by Gasteiger charge is -2.35. The van der Waals surface area contributed by atoms with Gasteiger partial charge in [-0.1, -0.05) is 30.3 Å². The predicted molar refractivity (Wildman–Crippen MR) is 143 cm³/mol. The number of methoxy groups -OCH3 is 1. The molecule has 2 atom stereocenters. The summed E-state index contributed by atoms with van der Waals surface area (Å²) in [7, 11) is 3.44. The zero-order valence-electron chi connectivity index (χ0n) is 19.8.